The zero-order chi connectivity index (χ0) is 13.8. The largest absolute Gasteiger partial charge is 0.496 e. The predicted molar refractivity (Wildman–Crippen MR) is 77.9 cm³/mol. The van der Waals surface area contributed by atoms with Gasteiger partial charge in [0, 0.05) is 5.56 Å². The second-order valence-electron chi connectivity index (χ2n) is 3.65. The Hall–Kier alpha value is -1.59. The van der Waals surface area contributed by atoms with Crippen molar-refractivity contribution in [2.75, 3.05) is 12.4 Å². The van der Waals surface area contributed by atoms with Crippen LogP contribution in [0.25, 0.3) is 0 Å². The first-order valence-electron chi connectivity index (χ1n) is 5.37. The molecule has 0 atom stereocenters. The van der Waals surface area contributed by atoms with Crippen LogP contribution in [-0.2, 0) is 0 Å². The van der Waals surface area contributed by atoms with E-state index >= 15 is 0 Å². The number of anilines is 1. The average molecular weight is 342 g/mol. The molecule has 1 heterocycles. The van der Waals surface area contributed by atoms with Crippen LogP contribution in [0.3, 0.4) is 0 Å². The summed E-state index contributed by atoms with van der Waals surface area (Å²) in [6.07, 6.45) is 0. The molecule has 19 heavy (non-hydrogen) atoms. The van der Waals surface area contributed by atoms with Gasteiger partial charge in [0.15, 0.2) is 0 Å². The summed E-state index contributed by atoms with van der Waals surface area (Å²) in [5.74, 6) is 0.806. The topological polar surface area (TPSA) is 51.2 Å². The third-order valence-corrected chi connectivity index (χ3v) is 3.20. The van der Waals surface area contributed by atoms with Gasteiger partial charge in [0.25, 0.3) is 5.91 Å². The Labute approximate surface area is 123 Å². The molecule has 4 nitrogen and oxygen atoms in total. The molecule has 0 bridgehead atoms. The maximum absolute atomic E-state index is 12.0. The van der Waals surface area contributed by atoms with E-state index in [0.717, 1.165) is 0 Å². The lowest BCUT2D eigenvalue weighted by Gasteiger charge is -2.07. The molecule has 0 fully saturated rings. The molecule has 6 heteroatoms. The second kappa shape index (κ2) is 6.04. The Bertz CT molecular complexity index is 619. The summed E-state index contributed by atoms with van der Waals surface area (Å²) in [4.78, 5) is 16.0. The van der Waals surface area contributed by atoms with Gasteiger partial charge in [0.05, 0.1) is 11.6 Å². The summed E-state index contributed by atoms with van der Waals surface area (Å²) in [6.45, 7) is 0. The minimum Gasteiger partial charge on any atom is -0.496 e. The molecule has 0 aliphatic heterocycles. The van der Waals surface area contributed by atoms with Gasteiger partial charge in [-0.3, -0.25) is 4.79 Å². The lowest BCUT2D eigenvalue weighted by molar-refractivity contribution is 0.102. The Morgan fingerprint density at radius 1 is 1.37 bits per heavy atom. The Balaban J connectivity index is 2.18. The number of halogens is 2. The summed E-state index contributed by atoms with van der Waals surface area (Å²) in [6, 6.07) is 10.1. The summed E-state index contributed by atoms with van der Waals surface area (Å²) < 4.78 is 5.82. The first kappa shape index (κ1) is 13.8. The van der Waals surface area contributed by atoms with Crippen molar-refractivity contribution in [2.24, 2.45) is 0 Å². The minimum atomic E-state index is -0.266. The first-order chi connectivity index (χ1) is 9.10. The predicted octanol–water partition coefficient (Wildman–Crippen LogP) is 3.76. The number of ether oxygens (including phenoxy) is 1. The number of benzene rings is 1. The van der Waals surface area contributed by atoms with E-state index in [-0.39, 0.29) is 5.91 Å². The summed E-state index contributed by atoms with van der Waals surface area (Å²) >= 11 is 9.08. The van der Waals surface area contributed by atoms with Gasteiger partial charge < -0.3 is 10.1 Å². The number of pyridine rings is 1. The van der Waals surface area contributed by atoms with Crippen molar-refractivity contribution in [2.45, 2.75) is 0 Å². The minimum absolute atomic E-state index is 0.266. The quantitative estimate of drug-likeness (QED) is 0.865. The number of aromatic nitrogens is 1. The molecule has 1 amide bonds. The number of hydrogen-bond donors (Lipinski definition) is 1. The van der Waals surface area contributed by atoms with Gasteiger partial charge in [-0.25, -0.2) is 4.98 Å². The maximum atomic E-state index is 12.0. The number of nitrogens with one attached hydrogen (secondary N) is 1. The molecular weight excluding hydrogens is 332 g/mol. The molecule has 0 spiro atoms. The van der Waals surface area contributed by atoms with E-state index < -0.39 is 0 Å². The van der Waals surface area contributed by atoms with Crippen LogP contribution in [-0.4, -0.2) is 18.0 Å². The third kappa shape index (κ3) is 3.45. The maximum Gasteiger partial charge on any atom is 0.256 e. The zero-order valence-electron chi connectivity index (χ0n) is 9.98. The van der Waals surface area contributed by atoms with Gasteiger partial charge in [-0.15, -0.1) is 0 Å². The molecule has 0 saturated carbocycles. The van der Waals surface area contributed by atoms with Crippen molar-refractivity contribution < 1.29 is 9.53 Å². The van der Waals surface area contributed by atoms with Crippen molar-refractivity contribution in [3.63, 3.8) is 0 Å². The lowest BCUT2D eigenvalue weighted by Crippen LogP contribution is -2.12. The van der Waals surface area contributed by atoms with E-state index in [2.05, 4.69) is 26.2 Å². The number of carbonyl (C=O) groups excluding carboxylic acids is 1. The Kier molecular flexibility index (Phi) is 4.39. The van der Waals surface area contributed by atoms with Gasteiger partial charge in [-0.05, 0) is 46.3 Å². The lowest BCUT2D eigenvalue weighted by atomic mass is 10.2. The normalized spacial score (nSPS) is 10.1. The molecule has 0 unspecified atom stereocenters. The molecule has 0 aliphatic rings. The smallest absolute Gasteiger partial charge is 0.256 e. The van der Waals surface area contributed by atoms with E-state index in [1.807, 2.05) is 0 Å². The number of nitrogens with zero attached hydrogens (tertiary/aromatic N) is 1. The summed E-state index contributed by atoms with van der Waals surface area (Å²) in [7, 11) is 1.57. The van der Waals surface area contributed by atoms with Crippen molar-refractivity contribution in [3.05, 3.63) is 51.6 Å². The van der Waals surface area contributed by atoms with E-state index in [1.165, 1.54) is 0 Å². The Morgan fingerprint density at radius 3 is 2.79 bits per heavy atom. The van der Waals surface area contributed by atoms with Crippen LogP contribution in [0.1, 0.15) is 10.4 Å². The van der Waals surface area contributed by atoms with Crippen LogP contribution in [0.2, 0.25) is 5.15 Å². The number of hydrogen-bond acceptors (Lipinski definition) is 3. The monoisotopic (exact) mass is 340 g/mol. The van der Waals surface area contributed by atoms with Gasteiger partial charge in [-0.1, -0.05) is 17.7 Å². The van der Waals surface area contributed by atoms with Gasteiger partial charge >= 0.3 is 0 Å². The fourth-order valence-electron chi connectivity index (χ4n) is 1.47. The first-order valence-corrected chi connectivity index (χ1v) is 6.54. The van der Waals surface area contributed by atoms with E-state index in [0.29, 0.717) is 26.8 Å². The fourth-order valence-corrected chi connectivity index (χ4v) is 2.18. The highest BCUT2D eigenvalue weighted by Gasteiger charge is 2.09. The van der Waals surface area contributed by atoms with Crippen LogP contribution in [0.15, 0.2) is 40.9 Å². The van der Waals surface area contributed by atoms with E-state index in [1.54, 1.807) is 43.5 Å². The highest BCUT2D eigenvalue weighted by atomic mass is 79.9. The van der Waals surface area contributed by atoms with Gasteiger partial charge in [-0.2, -0.15) is 0 Å². The molecule has 0 radical (unpaired) electrons. The van der Waals surface area contributed by atoms with Crippen LogP contribution in [0, 0.1) is 0 Å². The van der Waals surface area contributed by atoms with Crippen LogP contribution >= 0.6 is 27.5 Å². The van der Waals surface area contributed by atoms with Crippen LogP contribution in [0.5, 0.6) is 5.75 Å². The number of rotatable bonds is 3. The molecule has 2 rings (SSSR count). The summed E-state index contributed by atoms with van der Waals surface area (Å²) in [5, 5.41) is 3.00. The standard InChI is InChI=1S/C13H10BrClN2O2/c1-19-10-6-5-8(7-9(10)14)13(18)17-12-4-2-3-11(15)16-12/h2-7H,1H3,(H,16,17,18). The number of methoxy groups -OCH3 is 1. The van der Waals surface area contributed by atoms with Crippen molar-refractivity contribution >= 4 is 39.3 Å². The van der Waals surface area contributed by atoms with Gasteiger partial charge in [0.1, 0.15) is 16.7 Å². The van der Waals surface area contributed by atoms with Crippen LogP contribution < -0.4 is 10.1 Å². The van der Waals surface area contributed by atoms with E-state index in [9.17, 15) is 4.79 Å². The highest BCUT2D eigenvalue weighted by Crippen LogP contribution is 2.25. The van der Waals surface area contributed by atoms with Crippen molar-refractivity contribution in [1.82, 2.24) is 4.98 Å². The van der Waals surface area contributed by atoms with Crippen LogP contribution in [0.4, 0.5) is 5.82 Å². The summed E-state index contributed by atoms with van der Waals surface area (Å²) in [5.41, 5.74) is 0.495. The third-order valence-electron chi connectivity index (χ3n) is 2.37. The molecule has 98 valence electrons. The fraction of sp³-hybridized carbons (Fsp3) is 0.0769. The molecule has 1 aromatic carbocycles. The van der Waals surface area contributed by atoms with Crippen molar-refractivity contribution in [3.8, 4) is 5.75 Å². The van der Waals surface area contributed by atoms with E-state index in [4.69, 9.17) is 16.3 Å². The molecule has 0 saturated heterocycles. The number of amides is 1. The Morgan fingerprint density at radius 2 is 2.16 bits per heavy atom. The molecule has 2 aromatic rings. The van der Waals surface area contributed by atoms with Crippen molar-refractivity contribution in [1.29, 1.82) is 0 Å². The highest BCUT2D eigenvalue weighted by molar-refractivity contribution is 9.10. The number of carbonyl (C=O) groups is 1. The average Bonchev–Trinajstić information content (AvgIpc) is 2.38. The molecular formula is C13H10BrClN2O2. The SMILES string of the molecule is COc1ccc(C(=O)Nc2cccc(Cl)n2)cc1Br. The molecule has 0 aliphatic carbocycles. The second-order valence-corrected chi connectivity index (χ2v) is 4.89. The van der Waals surface area contributed by atoms with Gasteiger partial charge in [0.2, 0.25) is 0 Å². The zero-order valence-corrected chi connectivity index (χ0v) is 12.3. The molecule has 1 N–H and O–H groups in total. The molecule has 1 aromatic heterocycles.